The molecule has 79 heavy (non-hydrogen) atoms. The van der Waals surface area contributed by atoms with Gasteiger partial charge in [-0.05, 0) is 59.7 Å². The summed E-state index contributed by atoms with van der Waals surface area (Å²) in [6.45, 7) is 0. The summed E-state index contributed by atoms with van der Waals surface area (Å²) in [5, 5.41) is 23.6. The number of nitrogens with zero attached hydrogens (tertiary/aromatic N) is 15. The molecule has 12 rings (SSSR count). The number of rotatable bonds is 11. The van der Waals surface area contributed by atoms with Crippen molar-refractivity contribution in [3.05, 3.63) is 249 Å². The van der Waals surface area contributed by atoms with Crippen molar-refractivity contribution >= 4 is 17.5 Å². The van der Waals surface area contributed by atoms with Crippen LogP contribution in [0.25, 0.3) is 68.3 Å². The third-order valence-corrected chi connectivity index (χ3v) is 10.4. The van der Waals surface area contributed by atoms with E-state index in [9.17, 15) is 14.4 Å². The summed E-state index contributed by atoms with van der Waals surface area (Å²) in [7, 11) is 1.29. The monoisotopic (exact) mass is 1220 g/mol. The van der Waals surface area contributed by atoms with E-state index in [1.165, 1.54) is 31.9 Å². The molecule has 0 saturated carbocycles. The molecular weight excluding hydrogens is 1180 g/mol. The standard InChI is InChI=1S/C13H10N4.2C13H9N4.C13H10N2O2.C6H6N2O2.Pt/c3*1-2-5-10(6-3-1)11-9-12(17-16-11)13-14-7-4-8-15-13;16-11(10-5-2-1-3-6-10)9-12(17)13-14-7-4-8-15-13;1-10-6(9)5-7-3-2-4-8-5;/h1-9H,(H,16,17);2*1-9H;1-8H,9H2;2-4H,1H3;/q;2*-1;;;+2. The zero-order valence-electron chi connectivity index (χ0n) is 41.8. The molecule has 4 aromatic carbocycles. The van der Waals surface area contributed by atoms with Gasteiger partial charge in [0.05, 0.1) is 19.2 Å². The van der Waals surface area contributed by atoms with E-state index in [2.05, 4.69) is 85.2 Å². The van der Waals surface area contributed by atoms with Gasteiger partial charge in [-0.15, -0.1) is 0 Å². The minimum atomic E-state index is -0.513. The zero-order valence-corrected chi connectivity index (χ0v) is 44.1. The summed E-state index contributed by atoms with van der Waals surface area (Å²) in [5.41, 5.74) is 8.49. The van der Waals surface area contributed by atoms with Crippen molar-refractivity contribution in [3.63, 3.8) is 0 Å². The van der Waals surface area contributed by atoms with Crippen LogP contribution in [0.15, 0.2) is 232 Å². The number of aromatic amines is 1. The van der Waals surface area contributed by atoms with Crippen molar-refractivity contribution in [3.8, 4) is 68.3 Å². The molecule has 8 aromatic heterocycles. The van der Waals surface area contributed by atoms with Gasteiger partial charge >= 0.3 is 27.0 Å². The number of Topliss-reactive ketones (excluding diaryl/α,β-unsaturated/α-hetero) is 2. The number of carbonyl (C=O) groups excluding carboxylic acids is 3. The maximum absolute atomic E-state index is 11.8. The molecule has 12 aromatic rings. The molecule has 0 atom stereocenters. The maximum atomic E-state index is 11.8. The molecule has 21 heteroatoms. The second kappa shape index (κ2) is 30.1. The van der Waals surface area contributed by atoms with Gasteiger partial charge in [-0.2, -0.15) is 5.10 Å². The molecule has 0 saturated heterocycles. The van der Waals surface area contributed by atoms with Crippen molar-refractivity contribution in [2.24, 2.45) is 0 Å². The molecule has 20 nitrogen and oxygen atoms in total. The normalized spacial score (nSPS) is 9.94. The second-order valence-electron chi connectivity index (χ2n) is 15.7. The van der Waals surface area contributed by atoms with E-state index >= 15 is 0 Å². The fourth-order valence-electron chi connectivity index (χ4n) is 6.69. The van der Waals surface area contributed by atoms with Gasteiger partial charge in [-0.25, -0.2) is 54.6 Å². The fourth-order valence-corrected chi connectivity index (χ4v) is 6.69. The first-order chi connectivity index (χ1) is 38.4. The Morgan fingerprint density at radius 3 is 1.20 bits per heavy atom. The Balaban J connectivity index is 0.000000144. The summed E-state index contributed by atoms with van der Waals surface area (Å²) >= 11 is 0. The molecule has 0 radical (unpaired) electrons. The summed E-state index contributed by atoms with van der Waals surface area (Å²) < 4.78 is 4.37. The van der Waals surface area contributed by atoms with Crippen LogP contribution < -0.4 is 10.2 Å². The van der Waals surface area contributed by atoms with Crippen LogP contribution in [-0.4, -0.2) is 94.9 Å². The Morgan fingerprint density at radius 2 is 0.785 bits per heavy atom. The van der Waals surface area contributed by atoms with E-state index in [1.54, 1.807) is 91.8 Å². The Bertz CT molecular complexity index is 3200. The SMILES string of the molecule is COC(=O)c1ncccn1.O=C(CC(=O)c1ncccn1)c1ccccc1.[Pt+2].c1ccc(-c2cc(-c3ncccn3)[n-]n2)cc1.c1ccc(-c2cc(-c3ncccn3)[n-]n2)cc1.c1ccc(-c2cc(-c3ncccn3)[nH]n2)cc1. The average Bonchev–Trinajstić information content (AvgIpc) is 4.36. The van der Waals surface area contributed by atoms with Crippen LogP contribution in [-0.2, 0) is 25.8 Å². The fraction of sp³-hybridized carbons (Fsp3) is 0.0345. The number of nitrogens with one attached hydrogen (secondary N) is 1. The van der Waals surface area contributed by atoms with Crippen LogP contribution in [0.1, 0.15) is 38.0 Å². The van der Waals surface area contributed by atoms with Gasteiger partial charge in [0.2, 0.25) is 11.6 Å². The van der Waals surface area contributed by atoms with Crippen molar-refractivity contribution < 1.29 is 40.2 Å². The number of ether oxygens (including phenoxy) is 1. The minimum Gasteiger partial charge on any atom is -0.572 e. The Hall–Kier alpha value is -10.6. The number of hydrogen-bond donors (Lipinski definition) is 1. The molecule has 0 aliphatic heterocycles. The van der Waals surface area contributed by atoms with E-state index in [0.717, 1.165) is 39.5 Å². The maximum Gasteiger partial charge on any atom is 2.00 e. The van der Waals surface area contributed by atoms with Gasteiger partial charge in [0.1, 0.15) is 17.3 Å². The third kappa shape index (κ3) is 17.0. The van der Waals surface area contributed by atoms with Crippen molar-refractivity contribution in [2.45, 2.75) is 6.42 Å². The number of H-pyrrole nitrogens is 1. The third-order valence-electron chi connectivity index (χ3n) is 10.4. The van der Waals surface area contributed by atoms with E-state index in [4.69, 9.17) is 0 Å². The van der Waals surface area contributed by atoms with Crippen molar-refractivity contribution in [1.29, 1.82) is 0 Å². The smallest absolute Gasteiger partial charge is 0.572 e. The number of ketones is 2. The molecule has 1 N–H and O–H groups in total. The average molecular weight is 1220 g/mol. The molecule has 0 spiro atoms. The first-order valence-corrected chi connectivity index (χ1v) is 23.7. The first-order valence-electron chi connectivity index (χ1n) is 23.7. The molecule has 8 heterocycles. The molecule has 0 aliphatic rings. The molecular formula is C58H44N16O4Pt. The molecule has 390 valence electrons. The number of esters is 1. The predicted octanol–water partition coefficient (Wildman–Crippen LogP) is 9.05. The van der Waals surface area contributed by atoms with Crippen LogP contribution in [0, 0.1) is 0 Å². The Labute approximate surface area is 466 Å². The molecule has 0 bridgehead atoms. The minimum absolute atomic E-state index is 0. The summed E-state index contributed by atoms with van der Waals surface area (Å²) in [4.78, 5) is 74.0. The summed E-state index contributed by atoms with van der Waals surface area (Å²) in [6, 6.07) is 52.9. The van der Waals surface area contributed by atoms with Crippen molar-refractivity contribution in [1.82, 2.24) is 80.4 Å². The molecule has 0 fully saturated rings. The second-order valence-corrected chi connectivity index (χ2v) is 15.7. The zero-order chi connectivity index (χ0) is 54.0. The van der Waals surface area contributed by atoms with Gasteiger partial charge in [0.25, 0.3) is 0 Å². The Kier molecular flexibility index (Phi) is 21.4. The van der Waals surface area contributed by atoms with Gasteiger partial charge < -0.3 is 25.1 Å². The predicted molar refractivity (Wildman–Crippen MR) is 288 cm³/mol. The number of benzene rings is 4. The van der Waals surface area contributed by atoms with Crippen LogP contribution >= 0.6 is 0 Å². The number of methoxy groups -OCH3 is 1. The topological polar surface area (TPSA) is 272 Å². The van der Waals surface area contributed by atoms with Crippen LogP contribution in [0.2, 0.25) is 0 Å². The van der Waals surface area contributed by atoms with E-state index in [0.29, 0.717) is 34.4 Å². The van der Waals surface area contributed by atoms with Crippen LogP contribution in [0.3, 0.4) is 0 Å². The van der Waals surface area contributed by atoms with E-state index in [1.807, 2.05) is 115 Å². The quantitative estimate of drug-likeness (QED) is 0.0718. The molecule has 0 unspecified atom stereocenters. The summed E-state index contributed by atoms with van der Waals surface area (Å²) in [5.74, 6) is 0.927. The van der Waals surface area contributed by atoms with Gasteiger partial charge in [-0.1, -0.05) is 133 Å². The first kappa shape index (κ1) is 56.1. The number of hydrogen-bond acceptors (Lipinski definition) is 17. The van der Waals surface area contributed by atoms with Crippen molar-refractivity contribution in [2.75, 3.05) is 7.11 Å². The van der Waals surface area contributed by atoms with Gasteiger partial charge in [-0.3, -0.25) is 14.7 Å². The van der Waals surface area contributed by atoms with E-state index in [-0.39, 0.29) is 50.7 Å². The number of aromatic nitrogens is 16. The molecule has 0 amide bonds. The summed E-state index contributed by atoms with van der Waals surface area (Å²) in [6.07, 6.45) is 15.9. The largest absolute Gasteiger partial charge is 2.00 e. The van der Waals surface area contributed by atoms with Crippen LogP contribution in [0.4, 0.5) is 0 Å². The van der Waals surface area contributed by atoms with Gasteiger partial charge in [0, 0.05) is 84.5 Å². The van der Waals surface area contributed by atoms with E-state index < -0.39 is 5.97 Å². The Morgan fingerprint density at radius 1 is 0.418 bits per heavy atom. The van der Waals surface area contributed by atoms with Gasteiger partial charge in [0.15, 0.2) is 17.4 Å². The number of carbonyl (C=O) groups is 3. The molecule has 0 aliphatic carbocycles. The van der Waals surface area contributed by atoms with Crippen LogP contribution in [0.5, 0.6) is 0 Å².